The summed E-state index contributed by atoms with van der Waals surface area (Å²) in [5.41, 5.74) is 9.01. The van der Waals surface area contributed by atoms with Crippen LogP contribution in [0.2, 0.25) is 0 Å². The summed E-state index contributed by atoms with van der Waals surface area (Å²) in [6.45, 7) is 2.08. The molecule has 0 atom stereocenters. The number of nitrogen functional groups attached to an aromatic ring is 1. The molecule has 0 aliphatic carbocycles. The second kappa shape index (κ2) is 2.88. The monoisotopic (exact) mass is 196 g/mol. The number of aromatic nitrogens is 1. The van der Waals surface area contributed by atoms with Gasteiger partial charge in [0, 0.05) is 16.3 Å². The molecule has 0 unspecified atom stereocenters. The summed E-state index contributed by atoms with van der Waals surface area (Å²) >= 11 is 3.18. The van der Waals surface area contributed by atoms with Gasteiger partial charge in [-0.25, -0.2) is 4.98 Å². The van der Waals surface area contributed by atoms with E-state index in [9.17, 15) is 0 Å². The predicted molar refractivity (Wildman–Crippen MR) is 54.6 cm³/mol. The first-order valence-corrected chi connectivity index (χ1v) is 5.34. The molecule has 2 N–H and O–H groups in total. The molecule has 0 saturated heterocycles. The smallest absolute Gasteiger partial charge is 0.180 e. The van der Waals surface area contributed by atoms with Crippen molar-refractivity contribution in [2.75, 3.05) is 5.73 Å². The Morgan fingerprint density at radius 2 is 2.17 bits per heavy atom. The molecule has 0 aliphatic rings. The van der Waals surface area contributed by atoms with Crippen molar-refractivity contribution in [3.05, 3.63) is 21.7 Å². The lowest BCUT2D eigenvalue weighted by Gasteiger charge is -1.91. The topological polar surface area (TPSA) is 38.9 Å². The lowest BCUT2D eigenvalue weighted by atomic mass is 10.2. The maximum absolute atomic E-state index is 5.55. The molecular weight excluding hydrogens is 188 g/mol. The second-order valence-corrected chi connectivity index (χ2v) is 4.17. The van der Waals surface area contributed by atoms with E-state index >= 15 is 0 Å². The molecule has 4 heteroatoms. The van der Waals surface area contributed by atoms with Crippen LogP contribution < -0.4 is 5.73 Å². The molecule has 2 heterocycles. The van der Waals surface area contributed by atoms with E-state index in [1.165, 1.54) is 22.5 Å². The van der Waals surface area contributed by atoms with E-state index < -0.39 is 0 Å². The number of nitrogens with two attached hydrogens (primary N) is 1. The summed E-state index contributed by atoms with van der Waals surface area (Å²) in [5, 5.41) is 6.84. The van der Waals surface area contributed by atoms with E-state index in [0.29, 0.717) is 5.13 Å². The normalized spacial score (nSPS) is 10.4. The summed E-state index contributed by atoms with van der Waals surface area (Å²) < 4.78 is 0. The quantitative estimate of drug-likeness (QED) is 0.761. The minimum atomic E-state index is 0.635. The van der Waals surface area contributed by atoms with Gasteiger partial charge in [0.1, 0.15) is 0 Å². The number of hydrogen-bond donors (Lipinski definition) is 1. The molecule has 0 aliphatic heterocycles. The summed E-state index contributed by atoms with van der Waals surface area (Å²) in [5.74, 6) is 0. The molecule has 0 saturated carbocycles. The molecule has 2 aromatic rings. The van der Waals surface area contributed by atoms with E-state index in [4.69, 9.17) is 5.73 Å². The van der Waals surface area contributed by atoms with Crippen molar-refractivity contribution in [3.8, 4) is 11.3 Å². The minimum absolute atomic E-state index is 0.635. The van der Waals surface area contributed by atoms with Crippen molar-refractivity contribution in [3.63, 3.8) is 0 Å². The van der Waals surface area contributed by atoms with Gasteiger partial charge >= 0.3 is 0 Å². The Hall–Kier alpha value is -0.870. The minimum Gasteiger partial charge on any atom is -0.375 e. The van der Waals surface area contributed by atoms with Crippen molar-refractivity contribution in [1.82, 2.24) is 4.98 Å². The molecular formula is C8H8N2S2. The maximum atomic E-state index is 5.55. The predicted octanol–water partition coefficient (Wildman–Crippen LogP) is 2.76. The number of thiazole rings is 1. The van der Waals surface area contributed by atoms with Crippen LogP contribution in [0, 0.1) is 6.92 Å². The van der Waals surface area contributed by atoms with Crippen LogP contribution in [0.25, 0.3) is 11.3 Å². The first-order chi connectivity index (χ1) is 5.77. The zero-order chi connectivity index (χ0) is 8.55. The fraction of sp³-hybridized carbons (Fsp3) is 0.125. The third-order valence-corrected chi connectivity index (χ3v) is 3.19. The number of anilines is 1. The van der Waals surface area contributed by atoms with Crippen LogP contribution in [0.4, 0.5) is 5.13 Å². The van der Waals surface area contributed by atoms with E-state index in [1.54, 1.807) is 11.3 Å². The van der Waals surface area contributed by atoms with Crippen LogP contribution in [0.1, 0.15) is 5.56 Å². The highest BCUT2D eigenvalue weighted by Gasteiger charge is 2.05. The van der Waals surface area contributed by atoms with Gasteiger partial charge in [0.2, 0.25) is 0 Å². The number of nitrogens with zero attached hydrogens (tertiary/aromatic N) is 1. The van der Waals surface area contributed by atoms with Gasteiger partial charge < -0.3 is 5.73 Å². The van der Waals surface area contributed by atoms with E-state index in [1.807, 2.05) is 5.38 Å². The zero-order valence-corrected chi connectivity index (χ0v) is 8.21. The highest BCUT2D eigenvalue weighted by molar-refractivity contribution is 7.13. The van der Waals surface area contributed by atoms with Crippen LogP contribution in [0.3, 0.4) is 0 Å². The van der Waals surface area contributed by atoms with E-state index in [-0.39, 0.29) is 0 Å². The van der Waals surface area contributed by atoms with Crippen molar-refractivity contribution in [2.45, 2.75) is 6.92 Å². The van der Waals surface area contributed by atoms with Crippen LogP contribution in [-0.4, -0.2) is 4.98 Å². The van der Waals surface area contributed by atoms with Gasteiger partial charge in [0.05, 0.1) is 5.69 Å². The van der Waals surface area contributed by atoms with Crippen molar-refractivity contribution in [1.29, 1.82) is 0 Å². The van der Waals surface area contributed by atoms with E-state index in [0.717, 1.165) is 5.69 Å². The van der Waals surface area contributed by atoms with Crippen LogP contribution in [0.5, 0.6) is 0 Å². The Morgan fingerprint density at radius 1 is 1.33 bits per heavy atom. The number of hydrogen-bond acceptors (Lipinski definition) is 4. The molecule has 0 fully saturated rings. The molecule has 12 heavy (non-hydrogen) atoms. The molecule has 2 aromatic heterocycles. The summed E-state index contributed by atoms with van der Waals surface area (Å²) in [6.07, 6.45) is 0. The Labute approximate surface area is 78.7 Å². The van der Waals surface area contributed by atoms with Gasteiger partial charge in [-0.2, -0.15) is 11.3 Å². The summed E-state index contributed by atoms with van der Waals surface area (Å²) in [7, 11) is 0. The Morgan fingerprint density at radius 3 is 2.67 bits per heavy atom. The molecule has 0 radical (unpaired) electrons. The molecule has 2 nitrogen and oxygen atoms in total. The number of aryl methyl sites for hydroxylation is 1. The van der Waals surface area contributed by atoms with Crippen molar-refractivity contribution >= 4 is 27.8 Å². The standard InChI is InChI=1S/C8H8N2S2/c1-5-2-11-3-6(5)7-4-12-8(9)10-7/h2-4H,1H3,(H2,9,10). The Bertz CT molecular complexity index is 389. The number of thiophene rings is 1. The molecule has 0 spiro atoms. The Balaban J connectivity index is 2.50. The molecule has 0 aromatic carbocycles. The highest BCUT2D eigenvalue weighted by Crippen LogP contribution is 2.28. The molecule has 2 rings (SSSR count). The first-order valence-electron chi connectivity index (χ1n) is 3.51. The second-order valence-electron chi connectivity index (χ2n) is 2.54. The highest BCUT2D eigenvalue weighted by atomic mass is 32.1. The van der Waals surface area contributed by atoms with E-state index in [2.05, 4.69) is 22.7 Å². The molecule has 0 bridgehead atoms. The van der Waals surface area contributed by atoms with Gasteiger partial charge in [0.15, 0.2) is 5.13 Å². The molecule has 0 amide bonds. The maximum Gasteiger partial charge on any atom is 0.180 e. The van der Waals surface area contributed by atoms with Crippen molar-refractivity contribution < 1.29 is 0 Å². The Kier molecular flexibility index (Phi) is 1.86. The summed E-state index contributed by atoms with van der Waals surface area (Å²) in [6, 6.07) is 0. The fourth-order valence-corrected chi connectivity index (χ4v) is 2.44. The third kappa shape index (κ3) is 1.23. The average Bonchev–Trinajstić information content (AvgIpc) is 2.58. The van der Waals surface area contributed by atoms with Gasteiger partial charge in [-0.3, -0.25) is 0 Å². The van der Waals surface area contributed by atoms with Crippen LogP contribution >= 0.6 is 22.7 Å². The fourth-order valence-electron chi connectivity index (χ4n) is 1.03. The molecule has 62 valence electrons. The first kappa shape index (κ1) is 7.76. The van der Waals surface area contributed by atoms with Crippen LogP contribution in [0.15, 0.2) is 16.1 Å². The zero-order valence-electron chi connectivity index (χ0n) is 6.57. The lowest BCUT2D eigenvalue weighted by Crippen LogP contribution is -1.82. The SMILES string of the molecule is Cc1cscc1-c1csc(N)n1. The number of rotatable bonds is 1. The summed E-state index contributed by atoms with van der Waals surface area (Å²) in [4.78, 5) is 4.22. The van der Waals surface area contributed by atoms with Gasteiger partial charge in [-0.15, -0.1) is 11.3 Å². The average molecular weight is 196 g/mol. The van der Waals surface area contributed by atoms with Crippen LogP contribution in [-0.2, 0) is 0 Å². The van der Waals surface area contributed by atoms with Gasteiger partial charge in [0.25, 0.3) is 0 Å². The van der Waals surface area contributed by atoms with Gasteiger partial charge in [-0.1, -0.05) is 0 Å². The lowest BCUT2D eigenvalue weighted by molar-refractivity contribution is 1.40. The van der Waals surface area contributed by atoms with Crippen molar-refractivity contribution in [2.24, 2.45) is 0 Å². The largest absolute Gasteiger partial charge is 0.375 e. The third-order valence-electron chi connectivity index (χ3n) is 1.65. The van der Waals surface area contributed by atoms with Gasteiger partial charge in [-0.05, 0) is 17.9 Å².